The fourth-order valence-corrected chi connectivity index (χ4v) is 2.73. The lowest BCUT2D eigenvalue weighted by Gasteiger charge is -2.04. The molecule has 0 spiro atoms. The van der Waals surface area contributed by atoms with Gasteiger partial charge in [0.05, 0.1) is 10.5 Å². The van der Waals surface area contributed by atoms with Crippen molar-refractivity contribution < 1.29 is 4.79 Å². The van der Waals surface area contributed by atoms with Gasteiger partial charge in [-0.3, -0.25) is 4.79 Å². The minimum atomic E-state index is -0.429. The minimum Gasteiger partial charge on any atom is -0.320 e. The average Bonchev–Trinajstić information content (AvgIpc) is 2.76. The number of benzene rings is 1. The first-order chi connectivity index (χ1) is 10.0. The molecule has 0 aliphatic heterocycles. The van der Waals surface area contributed by atoms with Gasteiger partial charge < -0.3 is 5.32 Å². The Balaban J connectivity index is 1.95. The second-order valence-corrected chi connectivity index (χ2v) is 5.56. The highest BCUT2D eigenvalue weighted by Gasteiger charge is 2.18. The van der Waals surface area contributed by atoms with E-state index in [1.807, 2.05) is 6.07 Å². The number of nitrogens with one attached hydrogen (secondary N) is 1. The molecule has 1 N–H and O–H groups in total. The summed E-state index contributed by atoms with van der Waals surface area (Å²) in [5.41, 5.74) is 1.28. The van der Waals surface area contributed by atoms with Gasteiger partial charge in [-0.1, -0.05) is 40.9 Å². The Morgan fingerprint density at radius 1 is 1.10 bits per heavy atom. The van der Waals surface area contributed by atoms with Crippen molar-refractivity contribution in [3.05, 3.63) is 63.4 Å². The van der Waals surface area contributed by atoms with Gasteiger partial charge in [-0.25, -0.2) is 4.52 Å². The van der Waals surface area contributed by atoms with Gasteiger partial charge in [-0.2, -0.15) is 5.10 Å². The Morgan fingerprint density at radius 3 is 2.48 bits per heavy atom. The highest BCUT2D eigenvalue weighted by Crippen LogP contribution is 2.25. The van der Waals surface area contributed by atoms with Crippen molar-refractivity contribution in [2.24, 2.45) is 0 Å². The normalized spacial score (nSPS) is 10.8. The standard InChI is InChI=1S/C14H8Cl3N3O/c15-8-5-9(16)7-10(6-8)18-14(21)13-12(17)11-3-1-2-4-20(11)19-13/h1-7H,(H,18,21). The summed E-state index contributed by atoms with van der Waals surface area (Å²) in [5.74, 6) is -0.429. The summed E-state index contributed by atoms with van der Waals surface area (Å²) in [7, 11) is 0. The van der Waals surface area contributed by atoms with E-state index in [1.54, 1.807) is 41.0 Å². The monoisotopic (exact) mass is 339 g/mol. The van der Waals surface area contributed by atoms with E-state index < -0.39 is 5.91 Å². The topological polar surface area (TPSA) is 46.4 Å². The predicted octanol–water partition coefficient (Wildman–Crippen LogP) is 4.55. The Hall–Kier alpha value is -1.75. The van der Waals surface area contributed by atoms with Crippen LogP contribution >= 0.6 is 34.8 Å². The lowest BCUT2D eigenvalue weighted by molar-refractivity contribution is 0.102. The molecule has 0 fully saturated rings. The molecule has 7 heteroatoms. The zero-order valence-corrected chi connectivity index (χ0v) is 12.7. The van der Waals surface area contributed by atoms with Crippen LogP contribution in [-0.4, -0.2) is 15.5 Å². The van der Waals surface area contributed by atoms with Crippen molar-refractivity contribution in [3.8, 4) is 0 Å². The molecule has 1 amide bonds. The summed E-state index contributed by atoms with van der Waals surface area (Å²) >= 11 is 18.0. The van der Waals surface area contributed by atoms with Crippen molar-refractivity contribution in [2.75, 3.05) is 5.32 Å². The second kappa shape index (κ2) is 5.56. The van der Waals surface area contributed by atoms with Gasteiger partial charge in [0.1, 0.15) is 0 Å². The van der Waals surface area contributed by atoms with Crippen LogP contribution in [0.3, 0.4) is 0 Å². The lowest BCUT2D eigenvalue weighted by atomic mass is 10.3. The first kappa shape index (κ1) is 14.2. The molecule has 3 aromatic rings. The van der Waals surface area contributed by atoms with Crippen molar-refractivity contribution >= 4 is 51.9 Å². The molecule has 0 saturated carbocycles. The molecule has 0 atom stereocenters. The molecular weight excluding hydrogens is 333 g/mol. The molecular formula is C14H8Cl3N3O. The Bertz CT molecular complexity index is 824. The fraction of sp³-hybridized carbons (Fsp3) is 0. The van der Waals surface area contributed by atoms with Gasteiger partial charge in [0.25, 0.3) is 5.91 Å². The predicted molar refractivity (Wildman–Crippen MR) is 84.6 cm³/mol. The van der Waals surface area contributed by atoms with Crippen LogP contribution in [0.5, 0.6) is 0 Å². The van der Waals surface area contributed by atoms with Crippen LogP contribution in [0, 0.1) is 0 Å². The zero-order chi connectivity index (χ0) is 15.0. The smallest absolute Gasteiger partial charge is 0.277 e. The van der Waals surface area contributed by atoms with E-state index in [0.717, 1.165) is 0 Å². The number of anilines is 1. The molecule has 2 aromatic heterocycles. The molecule has 106 valence electrons. The number of nitrogens with zero attached hydrogens (tertiary/aromatic N) is 2. The van der Waals surface area contributed by atoms with E-state index in [4.69, 9.17) is 34.8 Å². The summed E-state index contributed by atoms with van der Waals surface area (Å²) in [6, 6.07) is 10.2. The Labute approximate surface area is 135 Å². The molecule has 0 saturated heterocycles. The number of pyridine rings is 1. The highest BCUT2D eigenvalue weighted by molar-refractivity contribution is 6.37. The molecule has 0 aliphatic rings. The number of carbonyl (C=O) groups is 1. The van der Waals surface area contributed by atoms with Crippen LogP contribution in [-0.2, 0) is 0 Å². The van der Waals surface area contributed by atoms with Crippen molar-refractivity contribution in [1.82, 2.24) is 9.61 Å². The average molecular weight is 341 g/mol. The number of hydrogen-bond acceptors (Lipinski definition) is 2. The van der Waals surface area contributed by atoms with Gasteiger partial charge in [0.2, 0.25) is 0 Å². The van der Waals surface area contributed by atoms with E-state index in [2.05, 4.69) is 10.4 Å². The Kier molecular flexibility index (Phi) is 3.76. The number of carbonyl (C=O) groups excluding carboxylic acids is 1. The zero-order valence-electron chi connectivity index (χ0n) is 10.5. The molecule has 0 bridgehead atoms. The first-order valence-corrected chi connectivity index (χ1v) is 7.08. The molecule has 0 radical (unpaired) electrons. The van der Waals surface area contributed by atoms with E-state index in [0.29, 0.717) is 26.3 Å². The van der Waals surface area contributed by atoms with E-state index in [1.165, 1.54) is 0 Å². The van der Waals surface area contributed by atoms with E-state index in [-0.39, 0.29) is 5.69 Å². The Morgan fingerprint density at radius 2 is 1.81 bits per heavy atom. The number of fused-ring (bicyclic) bond motifs is 1. The number of aromatic nitrogens is 2. The highest BCUT2D eigenvalue weighted by atomic mass is 35.5. The maximum Gasteiger partial charge on any atom is 0.277 e. The molecule has 0 aliphatic carbocycles. The van der Waals surface area contributed by atoms with Gasteiger partial charge >= 0.3 is 0 Å². The van der Waals surface area contributed by atoms with Crippen molar-refractivity contribution in [1.29, 1.82) is 0 Å². The van der Waals surface area contributed by atoms with Crippen LogP contribution in [0.25, 0.3) is 5.52 Å². The van der Waals surface area contributed by atoms with Crippen LogP contribution in [0.15, 0.2) is 42.6 Å². The SMILES string of the molecule is O=C(Nc1cc(Cl)cc(Cl)c1)c1nn2ccccc2c1Cl. The second-order valence-electron chi connectivity index (χ2n) is 4.31. The summed E-state index contributed by atoms with van der Waals surface area (Å²) < 4.78 is 1.54. The number of halogens is 3. The van der Waals surface area contributed by atoms with E-state index >= 15 is 0 Å². The molecule has 4 nitrogen and oxygen atoms in total. The molecule has 2 heterocycles. The summed E-state index contributed by atoms with van der Waals surface area (Å²) in [6.07, 6.45) is 1.72. The largest absolute Gasteiger partial charge is 0.320 e. The summed E-state index contributed by atoms with van der Waals surface area (Å²) in [5, 5.41) is 7.99. The third-order valence-electron chi connectivity index (χ3n) is 2.82. The summed E-state index contributed by atoms with van der Waals surface area (Å²) in [6.45, 7) is 0. The molecule has 0 unspecified atom stereocenters. The van der Waals surface area contributed by atoms with Crippen molar-refractivity contribution in [3.63, 3.8) is 0 Å². The van der Waals surface area contributed by atoms with Crippen LogP contribution in [0.2, 0.25) is 15.1 Å². The fourth-order valence-electron chi connectivity index (χ4n) is 1.93. The third kappa shape index (κ3) is 2.83. The lowest BCUT2D eigenvalue weighted by Crippen LogP contribution is -2.13. The van der Waals surface area contributed by atoms with Gasteiger partial charge in [0, 0.05) is 21.9 Å². The quantitative estimate of drug-likeness (QED) is 0.744. The van der Waals surface area contributed by atoms with Crippen molar-refractivity contribution in [2.45, 2.75) is 0 Å². The van der Waals surface area contributed by atoms with Gasteiger partial charge in [-0.15, -0.1) is 0 Å². The number of rotatable bonds is 2. The number of amides is 1. The van der Waals surface area contributed by atoms with Gasteiger partial charge in [-0.05, 0) is 30.3 Å². The van der Waals surface area contributed by atoms with Crippen LogP contribution in [0.1, 0.15) is 10.5 Å². The van der Waals surface area contributed by atoms with Gasteiger partial charge in [0.15, 0.2) is 5.69 Å². The summed E-state index contributed by atoms with van der Waals surface area (Å²) in [4.78, 5) is 12.3. The maximum atomic E-state index is 12.3. The van der Waals surface area contributed by atoms with E-state index in [9.17, 15) is 4.79 Å². The number of hydrogen-bond donors (Lipinski definition) is 1. The van der Waals surface area contributed by atoms with Crippen LogP contribution < -0.4 is 5.32 Å². The molecule has 3 rings (SSSR count). The first-order valence-electron chi connectivity index (χ1n) is 5.95. The molecule has 1 aromatic carbocycles. The van der Waals surface area contributed by atoms with Crippen LogP contribution in [0.4, 0.5) is 5.69 Å². The minimum absolute atomic E-state index is 0.138. The molecule has 21 heavy (non-hydrogen) atoms. The third-order valence-corrected chi connectivity index (χ3v) is 3.62. The maximum absolute atomic E-state index is 12.3.